The van der Waals surface area contributed by atoms with Crippen LogP contribution >= 0.6 is 0 Å². The molecule has 1 saturated heterocycles. The van der Waals surface area contributed by atoms with Gasteiger partial charge in [-0.25, -0.2) is 0 Å². The van der Waals surface area contributed by atoms with Crippen molar-refractivity contribution in [3.05, 3.63) is 27.7 Å². The summed E-state index contributed by atoms with van der Waals surface area (Å²) in [4.78, 5) is 14.4. The number of aromatic hydroxyl groups is 1. The second-order valence-corrected chi connectivity index (χ2v) is 7.59. The van der Waals surface area contributed by atoms with Crippen molar-refractivity contribution in [3.8, 4) is 5.75 Å². The number of hydrogen-bond acceptors (Lipinski definition) is 3. The smallest absolute Gasteiger partial charge is 0.223 e. The standard InChI is InChI=1S/C18H30N2O2/c1-12(2)8-20-15(5)7-17(21)18(22)16(20)11-19-9-13(3)6-14(4)10-19/h7,12-14,22H,6,8-11H2,1-5H3. The Morgan fingerprint density at radius 2 is 1.86 bits per heavy atom. The zero-order valence-electron chi connectivity index (χ0n) is 14.6. The molecule has 1 aliphatic rings. The van der Waals surface area contributed by atoms with Gasteiger partial charge in [-0.05, 0) is 31.1 Å². The third kappa shape index (κ3) is 3.92. The van der Waals surface area contributed by atoms with Crippen LogP contribution in [0, 0.1) is 24.7 Å². The van der Waals surface area contributed by atoms with Gasteiger partial charge in [-0.15, -0.1) is 0 Å². The number of piperidine rings is 1. The van der Waals surface area contributed by atoms with E-state index in [-0.39, 0.29) is 11.2 Å². The van der Waals surface area contributed by atoms with E-state index < -0.39 is 0 Å². The molecule has 0 amide bonds. The largest absolute Gasteiger partial charge is 0.503 e. The highest BCUT2D eigenvalue weighted by Crippen LogP contribution is 2.25. The maximum Gasteiger partial charge on any atom is 0.223 e. The molecule has 1 fully saturated rings. The Labute approximate surface area is 133 Å². The Balaban J connectivity index is 2.34. The van der Waals surface area contributed by atoms with Gasteiger partial charge in [0.1, 0.15) is 0 Å². The molecule has 1 aromatic rings. The van der Waals surface area contributed by atoms with Gasteiger partial charge in [0, 0.05) is 37.9 Å². The molecule has 1 N–H and O–H groups in total. The van der Waals surface area contributed by atoms with E-state index >= 15 is 0 Å². The summed E-state index contributed by atoms with van der Waals surface area (Å²) < 4.78 is 2.12. The van der Waals surface area contributed by atoms with Crippen LogP contribution in [0.15, 0.2) is 10.9 Å². The van der Waals surface area contributed by atoms with Crippen LogP contribution in [0.4, 0.5) is 0 Å². The first-order valence-electron chi connectivity index (χ1n) is 8.42. The zero-order valence-corrected chi connectivity index (χ0v) is 14.6. The number of likely N-dealkylation sites (tertiary alicyclic amines) is 1. The lowest BCUT2D eigenvalue weighted by Gasteiger charge is -2.35. The maximum atomic E-state index is 12.0. The number of rotatable bonds is 4. The molecule has 124 valence electrons. The van der Waals surface area contributed by atoms with Crippen molar-refractivity contribution < 1.29 is 5.11 Å². The normalized spacial score (nSPS) is 23.2. The molecule has 0 aromatic carbocycles. The van der Waals surface area contributed by atoms with Crippen molar-refractivity contribution >= 4 is 0 Å². The van der Waals surface area contributed by atoms with E-state index in [1.54, 1.807) is 6.07 Å². The first-order valence-corrected chi connectivity index (χ1v) is 8.42. The minimum Gasteiger partial charge on any atom is -0.503 e. The summed E-state index contributed by atoms with van der Waals surface area (Å²) >= 11 is 0. The fraction of sp³-hybridized carbons (Fsp3) is 0.722. The monoisotopic (exact) mass is 306 g/mol. The molecule has 22 heavy (non-hydrogen) atoms. The summed E-state index contributed by atoms with van der Waals surface area (Å²) in [6.45, 7) is 14.4. The molecule has 2 rings (SSSR count). The highest BCUT2D eigenvalue weighted by atomic mass is 16.3. The lowest BCUT2D eigenvalue weighted by molar-refractivity contribution is 0.129. The van der Waals surface area contributed by atoms with Crippen molar-refractivity contribution in [2.45, 2.75) is 54.1 Å². The first kappa shape index (κ1) is 17.1. The molecule has 4 heteroatoms. The second kappa shape index (κ2) is 6.86. The van der Waals surface area contributed by atoms with Crippen LogP contribution < -0.4 is 5.43 Å². The van der Waals surface area contributed by atoms with Gasteiger partial charge >= 0.3 is 0 Å². The van der Waals surface area contributed by atoms with E-state index in [0.29, 0.717) is 24.3 Å². The van der Waals surface area contributed by atoms with Crippen molar-refractivity contribution in [1.82, 2.24) is 9.47 Å². The van der Waals surface area contributed by atoms with Crippen LogP contribution in [0.3, 0.4) is 0 Å². The fourth-order valence-electron chi connectivity index (χ4n) is 3.73. The Kier molecular flexibility index (Phi) is 5.32. The van der Waals surface area contributed by atoms with Crippen molar-refractivity contribution in [3.63, 3.8) is 0 Å². The van der Waals surface area contributed by atoms with Crippen LogP contribution in [-0.4, -0.2) is 27.7 Å². The molecule has 1 aliphatic heterocycles. The molecule has 0 spiro atoms. The van der Waals surface area contributed by atoms with Crippen LogP contribution in [-0.2, 0) is 13.1 Å². The average molecular weight is 306 g/mol. The molecule has 0 saturated carbocycles. The third-order valence-electron chi connectivity index (χ3n) is 4.46. The number of hydrogen-bond donors (Lipinski definition) is 1. The minimum atomic E-state index is -0.259. The number of pyridine rings is 1. The van der Waals surface area contributed by atoms with Crippen molar-refractivity contribution in [2.75, 3.05) is 13.1 Å². The Morgan fingerprint density at radius 1 is 1.27 bits per heavy atom. The molecule has 2 atom stereocenters. The number of aromatic nitrogens is 1. The van der Waals surface area contributed by atoms with Crippen LogP contribution in [0.1, 0.15) is 45.5 Å². The molecular formula is C18H30N2O2. The van der Waals surface area contributed by atoms with Gasteiger partial charge in [0.05, 0.1) is 5.69 Å². The van der Waals surface area contributed by atoms with Gasteiger partial charge in [-0.2, -0.15) is 0 Å². The predicted octanol–water partition coefficient (Wildman–Crippen LogP) is 3.00. The summed E-state index contributed by atoms with van der Waals surface area (Å²) in [6, 6.07) is 1.54. The fourth-order valence-corrected chi connectivity index (χ4v) is 3.73. The van der Waals surface area contributed by atoms with Gasteiger partial charge in [0.15, 0.2) is 5.75 Å². The maximum absolute atomic E-state index is 12.0. The molecular weight excluding hydrogens is 276 g/mol. The summed E-state index contributed by atoms with van der Waals surface area (Å²) in [5.74, 6) is 1.73. The van der Waals surface area contributed by atoms with Gasteiger partial charge in [0.25, 0.3) is 0 Å². The van der Waals surface area contributed by atoms with E-state index in [1.165, 1.54) is 6.42 Å². The van der Waals surface area contributed by atoms with Crippen LogP contribution in [0.25, 0.3) is 0 Å². The van der Waals surface area contributed by atoms with E-state index in [1.807, 2.05) is 6.92 Å². The minimum absolute atomic E-state index is 0.0721. The second-order valence-electron chi connectivity index (χ2n) is 7.59. The first-order chi connectivity index (χ1) is 10.3. The van der Waals surface area contributed by atoms with Crippen LogP contribution in [0.2, 0.25) is 0 Å². The van der Waals surface area contributed by atoms with Gasteiger partial charge < -0.3 is 9.67 Å². The number of aryl methyl sites for hydroxylation is 1. The van der Waals surface area contributed by atoms with Crippen LogP contribution in [0.5, 0.6) is 5.75 Å². The number of nitrogens with zero attached hydrogens (tertiary/aromatic N) is 2. The van der Waals surface area contributed by atoms with E-state index in [0.717, 1.165) is 31.0 Å². The lowest BCUT2D eigenvalue weighted by atomic mass is 9.92. The predicted molar refractivity (Wildman–Crippen MR) is 90.2 cm³/mol. The van der Waals surface area contributed by atoms with Gasteiger partial charge in [-0.3, -0.25) is 9.69 Å². The van der Waals surface area contributed by atoms with Gasteiger partial charge in [0.2, 0.25) is 5.43 Å². The Bertz CT molecular complexity index is 567. The lowest BCUT2D eigenvalue weighted by Crippen LogP contribution is -2.39. The highest BCUT2D eigenvalue weighted by Gasteiger charge is 2.24. The molecule has 4 nitrogen and oxygen atoms in total. The zero-order chi connectivity index (χ0) is 16.4. The molecule has 0 bridgehead atoms. The average Bonchev–Trinajstić information content (AvgIpc) is 2.38. The quantitative estimate of drug-likeness (QED) is 0.930. The molecule has 2 unspecified atom stereocenters. The molecule has 1 aromatic heterocycles. The third-order valence-corrected chi connectivity index (χ3v) is 4.46. The molecule has 0 radical (unpaired) electrons. The highest BCUT2D eigenvalue weighted by molar-refractivity contribution is 5.30. The summed E-state index contributed by atoms with van der Waals surface area (Å²) in [5.41, 5.74) is 1.45. The molecule has 0 aliphatic carbocycles. The van der Waals surface area contributed by atoms with Gasteiger partial charge in [-0.1, -0.05) is 27.7 Å². The Morgan fingerprint density at radius 3 is 2.41 bits per heavy atom. The van der Waals surface area contributed by atoms with E-state index in [4.69, 9.17) is 0 Å². The Hall–Kier alpha value is -1.29. The summed E-state index contributed by atoms with van der Waals surface area (Å²) in [6.07, 6.45) is 1.26. The van der Waals surface area contributed by atoms with E-state index in [2.05, 4.69) is 37.2 Å². The summed E-state index contributed by atoms with van der Waals surface area (Å²) in [7, 11) is 0. The van der Waals surface area contributed by atoms with E-state index in [9.17, 15) is 9.90 Å². The van der Waals surface area contributed by atoms with Crippen molar-refractivity contribution in [1.29, 1.82) is 0 Å². The topological polar surface area (TPSA) is 45.5 Å². The molecule has 2 heterocycles. The summed E-state index contributed by atoms with van der Waals surface area (Å²) in [5, 5.41) is 10.3. The SMILES string of the molecule is Cc1cc(=O)c(O)c(CN2CC(C)CC(C)C2)n1CC(C)C. The van der Waals surface area contributed by atoms with Crippen molar-refractivity contribution in [2.24, 2.45) is 17.8 Å².